The Hall–Kier alpha value is -1.42. The quantitative estimate of drug-likeness (QED) is 0.905. The first-order valence-electron chi connectivity index (χ1n) is 7.74. The molecule has 2 aliphatic rings. The molecule has 1 aromatic rings. The maximum atomic E-state index is 12.0. The van der Waals surface area contributed by atoms with Crippen LogP contribution in [0.4, 0.5) is 10.5 Å². The molecule has 1 heterocycles. The minimum atomic E-state index is -0.0481. The number of halogens is 1. The summed E-state index contributed by atoms with van der Waals surface area (Å²) in [5.41, 5.74) is 0.718. The zero-order valence-corrected chi connectivity index (χ0v) is 12.9. The van der Waals surface area contributed by atoms with E-state index in [1.54, 1.807) is 6.07 Å². The van der Waals surface area contributed by atoms with Crippen molar-refractivity contribution < 1.29 is 9.53 Å². The molecule has 1 saturated heterocycles. The summed E-state index contributed by atoms with van der Waals surface area (Å²) in [4.78, 5) is 13.9. The van der Waals surface area contributed by atoms with Gasteiger partial charge in [-0.1, -0.05) is 11.6 Å². The molecule has 1 aliphatic heterocycles. The molecule has 0 spiro atoms. The third-order valence-electron chi connectivity index (χ3n) is 4.17. The van der Waals surface area contributed by atoms with E-state index >= 15 is 0 Å². The van der Waals surface area contributed by atoms with Crippen molar-refractivity contribution in [3.8, 4) is 5.75 Å². The van der Waals surface area contributed by atoms with Gasteiger partial charge in [-0.25, -0.2) is 4.79 Å². The first kappa shape index (κ1) is 14.5. The van der Waals surface area contributed by atoms with Gasteiger partial charge in [-0.3, -0.25) is 0 Å². The topological polar surface area (TPSA) is 41.6 Å². The highest BCUT2D eigenvalue weighted by Crippen LogP contribution is 2.31. The fourth-order valence-corrected chi connectivity index (χ4v) is 3.21. The van der Waals surface area contributed by atoms with E-state index in [0.29, 0.717) is 10.8 Å². The van der Waals surface area contributed by atoms with Gasteiger partial charge >= 0.3 is 6.03 Å². The SMILES string of the molecule is O=C(Nc1ccc(OC2CCCC2)c(Cl)c1)N1CCCC1. The van der Waals surface area contributed by atoms with Crippen molar-refractivity contribution in [2.45, 2.75) is 44.6 Å². The molecule has 0 unspecified atom stereocenters. The lowest BCUT2D eigenvalue weighted by atomic mass is 10.2. The Morgan fingerprint density at radius 3 is 2.57 bits per heavy atom. The Labute approximate surface area is 130 Å². The number of hydrogen-bond acceptors (Lipinski definition) is 2. The van der Waals surface area contributed by atoms with Crippen LogP contribution < -0.4 is 10.1 Å². The maximum Gasteiger partial charge on any atom is 0.321 e. The molecule has 1 aromatic carbocycles. The molecule has 0 atom stereocenters. The van der Waals surface area contributed by atoms with Crippen LogP contribution in [0.5, 0.6) is 5.75 Å². The van der Waals surface area contributed by atoms with Crippen LogP contribution in [-0.4, -0.2) is 30.1 Å². The third kappa shape index (κ3) is 3.62. The van der Waals surface area contributed by atoms with Crippen LogP contribution in [-0.2, 0) is 0 Å². The second-order valence-corrected chi connectivity index (χ2v) is 6.20. The summed E-state index contributed by atoms with van der Waals surface area (Å²) in [6.07, 6.45) is 7.11. The van der Waals surface area contributed by atoms with Crippen molar-refractivity contribution in [3.05, 3.63) is 23.2 Å². The summed E-state index contributed by atoms with van der Waals surface area (Å²) in [6.45, 7) is 1.67. The Morgan fingerprint density at radius 1 is 1.19 bits per heavy atom. The van der Waals surface area contributed by atoms with Crippen molar-refractivity contribution in [2.24, 2.45) is 0 Å². The number of hydrogen-bond donors (Lipinski definition) is 1. The van der Waals surface area contributed by atoms with Crippen molar-refractivity contribution in [2.75, 3.05) is 18.4 Å². The Bertz CT molecular complexity index is 509. The largest absolute Gasteiger partial charge is 0.489 e. The van der Waals surface area contributed by atoms with E-state index in [9.17, 15) is 4.79 Å². The van der Waals surface area contributed by atoms with Crippen LogP contribution in [0.1, 0.15) is 38.5 Å². The van der Waals surface area contributed by atoms with E-state index in [-0.39, 0.29) is 12.1 Å². The Morgan fingerprint density at radius 2 is 1.90 bits per heavy atom. The number of rotatable bonds is 3. The van der Waals surface area contributed by atoms with Crippen LogP contribution in [0.25, 0.3) is 0 Å². The van der Waals surface area contributed by atoms with Crippen LogP contribution in [0, 0.1) is 0 Å². The van der Waals surface area contributed by atoms with E-state index in [1.807, 2.05) is 17.0 Å². The van der Waals surface area contributed by atoms with Gasteiger partial charge < -0.3 is 15.0 Å². The second-order valence-electron chi connectivity index (χ2n) is 5.79. The van der Waals surface area contributed by atoms with Gasteiger partial charge in [-0.05, 0) is 56.7 Å². The standard InChI is InChI=1S/C16H21ClN2O2/c17-14-11-12(18-16(20)19-9-3-4-10-19)7-8-15(14)21-13-5-1-2-6-13/h7-8,11,13H,1-6,9-10H2,(H,18,20). The molecule has 2 amide bonds. The minimum Gasteiger partial charge on any atom is -0.489 e. The number of urea groups is 1. The van der Waals surface area contributed by atoms with Gasteiger partial charge in [-0.2, -0.15) is 0 Å². The van der Waals surface area contributed by atoms with Crippen LogP contribution in [0.15, 0.2) is 18.2 Å². The van der Waals surface area contributed by atoms with Gasteiger partial charge in [0.1, 0.15) is 5.75 Å². The molecule has 1 aliphatic carbocycles. The van der Waals surface area contributed by atoms with Gasteiger partial charge in [0.25, 0.3) is 0 Å². The fourth-order valence-electron chi connectivity index (χ4n) is 2.98. The number of carbonyl (C=O) groups is 1. The molecule has 0 bridgehead atoms. The minimum absolute atomic E-state index is 0.0481. The number of likely N-dealkylation sites (tertiary alicyclic amines) is 1. The summed E-state index contributed by atoms with van der Waals surface area (Å²) in [6, 6.07) is 5.41. The van der Waals surface area contributed by atoms with Gasteiger partial charge in [0, 0.05) is 18.8 Å². The monoisotopic (exact) mass is 308 g/mol. The smallest absolute Gasteiger partial charge is 0.321 e. The van der Waals surface area contributed by atoms with Gasteiger partial charge in [0.05, 0.1) is 11.1 Å². The zero-order chi connectivity index (χ0) is 14.7. The number of carbonyl (C=O) groups excluding carboxylic acids is 1. The number of anilines is 1. The fraction of sp³-hybridized carbons (Fsp3) is 0.562. The summed E-state index contributed by atoms with van der Waals surface area (Å²) in [7, 11) is 0. The maximum absolute atomic E-state index is 12.0. The van der Waals surface area contributed by atoms with Gasteiger partial charge in [-0.15, -0.1) is 0 Å². The predicted octanol–water partition coefficient (Wildman–Crippen LogP) is 4.29. The molecule has 1 N–H and O–H groups in total. The molecule has 5 heteroatoms. The second kappa shape index (κ2) is 6.56. The molecule has 1 saturated carbocycles. The van der Waals surface area contributed by atoms with E-state index in [0.717, 1.165) is 44.5 Å². The van der Waals surface area contributed by atoms with E-state index < -0.39 is 0 Å². The molecule has 0 radical (unpaired) electrons. The lowest BCUT2D eigenvalue weighted by Gasteiger charge is -2.18. The molecule has 114 valence electrons. The molecular weight excluding hydrogens is 288 g/mol. The lowest BCUT2D eigenvalue weighted by molar-refractivity contribution is 0.210. The van der Waals surface area contributed by atoms with Crippen molar-refractivity contribution >= 4 is 23.3 Å². The number of amides is 2. The van der Waals surface area contributed by atoms with Crippen molar-refractivity contribution in [1.82, 2.24) is 4.90 Å². The van der Waals surface area contributed by atoms with Crippen molar-refractivity contribution in [3.63, 3.8) is 0 Å². The summed E-state index contributed by atoms with van der Waals surface area (Å²) >= 11 is 6.26. The Balaban J connectivity index is 1.61. The highest BCUT2D eigenvalue weighted by molar-refractivity contribution is 6.32. The summed E-state index contributed by atoms with van der Waals surface area (Å²) in [5.74, 6) is 0.711. The highest BCUT2D eigenvalue weighted by atomic mass is 35.5. The molecule has 0 aromatic heterocycles. The summed E-state index contributed by atoms with van der Waals surface area (Å²) in [5, 5.41) is 3.45. The van der Waals surface area contributed by atoms with Gasteiger partial charge in [0.15, 0.2) is 0 Å². The lowest BCUT2D eigenvalue weighted by Crippen LogP contribution is -2.32. The average Bonchev–Trinajstić information content (AvgIpc) is 3.14. The normalized spacial score (nSPS) is 19.0. The van der Waals surface area contributed by atoms with Gasteiger partial charge in [0.2, 0.25) is 0 Å². The summed E-state index contributed by atoms with van der Waals surface area (Å²) < 4.78 is 5.91. The number of nitrogens with one attached hydrogen (secondary N) is 1. The van der Waals surface area contributed by atoms with E-state index in [4.69, 9.17) is 16.3 Å². The number of nitrogens with zero attached hydrogens (tertiary/aromatic N) is 1. The van der Waals surface area contributed by atoms with Crippen LogP contribution in [0.2, 0.25) is 5.02 Å². The Kier molecular flexibility index (Phi) is 4.54. The van der Waals surface area contributed by atoms with Crippen molar-refractivity contribution in [1.29, 1.82) is 0 Å². The number of benzene rings is 1. The molecule has 21 heavy (non-hydrogen) atoms. The van der Waals surface area contributed by atoms with Crippen LogP contribution >= 0.6 is 11.6 Å². The predicted molar refractivity (Wildman–Crippen MR) is 84.2 cm³/mol. The first-order chi connectivity index (χ1) is 10.2. The zero-order valence-electron chi connectivity index (χ0n) is 12.1. The van der Waals surface area contributed by atoms with E-state index in [1.165, 1.54) is 12.8 Å². The number of ether oxygens (including phenoxy) is 1. The van der Waals surface area contributed by atoms with Crippen LogP contribution in [0.3, 0.4) is 0 Å². The highest BCUT2D eigenvalue weighted by Gasteiger charge is 2.19. The first-order valence-corrected chi connectivity index (χ1v) is 8.12. The molecule has 2 fully saturated rings. The van der Waals surface area contributed by atoms with E-state index in [2.05, 4.69) is 5.32 Å². The molecule has 4 nitrogen and oxygen atoms in total. The molecular formula is C16H21ClN2O2. The third-order valence-corrected chi connectivity index (χ3v) is 4.47. The average molecular weight is 309 g/mol. The molecule has 3 rings (SSSR count).